The first-order chi connectivity index (χ1) is 8.49. The van der Waals surface area contributed by atoms with Crippen molar-refractivity contribution < 1.29 is 14.3 Å². The second-order valence-corrected chi connectivity index (χ2v) is 4.80. The minimum Gasteiger partial charge on any atom is -0.428 e. The fraction of sp³-hybridized carbons (Fsp3) is 0.429. The number of carbonyl (C=O) groups is 2. The van der Waals surface area contributed by atoms with E-state index in [-0.39, 0.29) is 5.91 Å². The minimum atomic E-state index is -1.16. The van der Waals surface area contributed by atoms with Gasteiger partial charge in [0, 0.05) is 5.56 Å². The number of cyclic esters (lactones) is 1. The molecule has 1 aromatic rings. The van der Waals surface area contributed by atoms with Crippen LogP contribution in [0.15, 0.2) is 24.3 Å². The van der Waals surface area contributed by atoms with E-state index in [9.17, 15) is 9.59 Å². The molecule has 1 aliphatic rings. The Kier molecular flexibility index (Phi) is 3.11. The predicted octanol–water partition coefficient (Wildman–Crippen LogP) is 2.68. The van der Waals surface area contributed by atoms with Gasteiger partial charge in [0.15, 0.2) is 0 Å². The molecule has 0 radical (unpaired) electrons. The largest absolute Gasteiger partial charge is 0.428 e. The second-order valence-electron chi connectivity index (χ2n) is 4.80. The zero-order valence-electron chi connectivity index (χ0n) is 10.8. The van der Waals surface area contributed by atoms with Gasteiger partial charge >= 0.3 is 6.09 Å². The predicted molar refractivity (Wildman–Crippen MR) is 67.1 cm³/mol. The molecule has 1 fully saturated rings. The fourth-order valence-corrected chi connectivity index (χ4v) is 2.19. The molecule has 0 aromatic heterocycles. The summed E-state index contributed by atoms with van der Waals surface area (Å²) in [5, 5.41) is 2.19. The summed E-state index contributed by atoms with van der Waals surface area (Å²) in [7, 11) is 0. The van der Waals surface area contributed by atoms with Crippen LogP contribution in [-0.4, -0.2) is 12.0 Å². The highest BCUT2D eigenvalue weighted by Gasteiger charge is 2.48. The van der Waals surface area contributed by atoms with Crippen molar-refractivity contribution in [1.82, 2.24) is 5.32 Å². The van der Waals surface area contributed by atoms with Crippen LogP contribution < -0.4 is 5.32 Å². The van der Waals surface area contributed by atoms with Crippen LogP contribution in [-0.2, 0) is 15.1 Å². The van der Waals surface area contributed by atoms with Gasteiger partial charge in [0.2, 0.25) is 5.60 Å². The van der Waals surface area contributed by atoms with Gasteiger partial charge in [-0.2, -0.15) is 0 Å². The van der Waals surface area contributed by atoms with Crippen molar-refractivity contribution in [3.05, 3.63) is 35.4 Å². The normalized spacial score (nSPS) is 23.1. The third-order valence-corrected chi connectivity index (χ3v) is 3.39. The average molecular weight is 247 g/mol. The molecule has 4 nitrogen and oxygen atoms in total. The monoisotopic (exact) mass is 247 g/mol. The van der Waals surface area contributed by atoms with Crippen LogP contribution in [0.4, 0.5) is 4.79 Å². The van der Waals surface area contributed by atoms with Crippen molar-refractivity contribution in [2.45, 2.75) is 38.7 Å². The van der Waals surface area contributed by atoms with Crippen LogP contribution in [0.1, 0.15) is 44.2 Å². The summed E-state index contributed by atoms with van der Waals surface area (Å²) in [6, 6.07) is 7.65. The molecular weight excluding hydrogens is 230 g/mol. The smallest absolute Gasteiger partial charge is 0.415 e. The van der Waals surface area contributed by atoms with Gasteiger partial charge in [0.1, 0.15) is 0 Å². The Morgan fingerprint density at radius 3 is 2.22 bits per heavy atom. The standard InChI is InChI=1S/C14H17NO3/c1-4-14(12(16)15-13(17)18-14)11-7-5-10(6-8-11)9(2)3/h5-9H,4H2,1-3H3,(H,15,16,17). The number of amides is 2. The molecule has 2 amide bonds. The highest BCUT2D eigenvalue weighted by Crippen LogP contribution is 2.34. The molecule has 96 valence electrons. The van der Waals surface area contributed by atoms with Gasteiger partial charge < -0.3 is 4.74 Å². The lowest BCUT2D eigenvalue weighted by Crippen LogP contribution is -2.35. The number of imide groups is 1. The Morgan fingerprint density at radius 1 is 1.22 bits per heavy atom. The van der Waals surface area contributed by atoms with E-state index >= 15 is 0 Å². The van der Waals surface area contributed by atoms with Crippen molar-refractivity contribution in [3.8, 4) is 0 Å². The highest BCUT2D eigenvalue weighted by atomic mass is 16.6. The SMILES string of the molecule is CCC1(c2ccc(C(C)C)cc2)OC(=O)NC1=O. The number of hydrogen-bond acceptors (Lipinski definition) is 3. The summed E-state index contributed by atoms with van der Waals surface area (Å²) in [6.07, 6.45) is -0.249. The van der Waals surface area contributed by atoms with Gasteiger partial charge in [-0.3, -0.25) is 10.1 Å². The van der Waals surface area contributed by atoms with E-state index in [1.54, 1.807) is 0 Å². The maximum absolute atomic E-state index is 11.9. The van der Waals surface area contributed by atoms with E-state index in [0.717, 1.165) is 5.56 Å². The molecule has 1 aromatic carbocycles. The number of hydrogen-bond donors (Lipinski definition) is 1. The molecule has 0 bridgehead atoms. The minimum absolute atomic E-state index is 0.382. The Bertz CT molecular complexity index is 478. The lowest BCUT2D eigenvalue weighted by molar-refractivity contribution is -0.132. The van der Waals surface area contributed by atoms with E-state index in [0.29, 0.717) is 12.3 Å². The third-order valence-electron chi connectivity index (χ3n) is 3.39. The number of alkyl carbamates (subject to hydrolysis) is 1. The van der Waals surface area contributed by atoms with Crippen molar-refractivity contribution in [3.63, 3.8) is 0 Å². The quantitative estimate of drug-likeness (QED) is 0.893. The molecule has 4 heteroatoms. The summed E-state index contributed by atoms with van der Waals surface area (Å²) in [6.45, 7) is 6.04. The first-order valence-electron chi connectivity index (χ1n) is 6.14. The first-order valence-corrected chi connectivity index (χ1v) is 6.14. The van der Waals surface area contributed by atoms with Gasteiger partial charge in [-0.1, -0.05) is 45.0 Å². The van der Waals surface area contributed by atoms with Crippen LogP contribution >= 0.6 is 0 Å². The summed E-state index contributed by atoms with van der Waals surface area (Å²) in [4.78, 5) is 23.1. The molecule has 0 saturated carbocycles. The molecule has 0 aliphatic carbocycles. The van der Waals surface area contributed by atoms with E-state index < -0.39 is 11.7 Å². The van der Waals surface area contributed by atoms with Crippen molar-refractivity contribution in [1.29, 1.82) is 0 Å². The summed E-state index contributed by atoms with van der Waals surface area (Å²) in [5.41, 5.74) is 0.750. The molecule has 18 heavy (non-hydrogen) atoms. The highest BCUT2D eigenvalue weighted by molar-refractivity contribution is 6.03. The Morgan fingerprint density at radius 2 is 1.83 bits per heavy atom. The lowest BCUT2D eigenvalue weighted by atomic mass is 9.89. The maximum Gasteiger partial charge on any atom is 0.415 e. The first kappa shape index (κ1) is 12.6. The van der Waals surface area contributed by atoms with E-state index in [1.165, 1.54) is 5.56 Å². The summed E-state index contributed by atoms with van der Waals surface area (Å²) < 4.78 is 5.20. The van der Waals surface area contributed by atoms with Crippen molar-refractivity contribution in [2.75, 3.05) is 0 Å². The van der Waals surface area contributed by atoms with Crippen LogP contribution in [0.5, 0.6) is 0 Å². The topological polar surface area (TPSA) is 55.4 Å². The third kappa shape index (κ3) is 1.88. The van der Waals surface area contributed by atoms with Gasteiger partial charge in [0.05, 0.1) is 0 Å². The van der Waals surface area contributed by atoms with Gasteiger partial charge in [0.25, 0.3) is 5.91 Å². The van der Waals surface area contributed by atoms with Crippen LogP contribution in [0, 0.1) is 0 Å². The number of nitrogens with one attached hydrogen (secondary N) is 1. The van der Waals surface area contributed by atoms with E-state index in [2.05, 4.69) is 19.2 Å². The molecular formula is C14H17NO3. The molecule has 0 spiro atoms. The summed E-state index contributed by atoms with van der Waals surface area (Å²) in [5.74, 6) is 0.0453. The van der Waals surface area contributed by atoms with Crippen molar-refractivity contribution >= 4 is 12.0 Å². The fourth-order valence-electron chi connectivity index (χ4n) is 2.19. The zero-order valence-corrected chi connectivity index (χ0v) is 10.8. The molecule has 1 heterocycles. The Hall–Kier alpha value is -1.84. The molecule has 1 unspecified atom stereocenters. The van der Waals surface area contributed by atoms with E-state index in [1.807, 2.05) is 31.2 Å². The van der Waals surface area contributed by atoms with Gasteiger partial charge in [-0.25, -0.2) is 4.79 Å². The van der Waals surface area contributed by atoms with Gasteiger partial charge in [-0.05, 0) is 17.9 Å². The second kappa shape index (κ2) is 4.44. The van der Waals surface area contributed by atoms with Crippen LogP contribution in [0.3, 0.4) is 0 Å². The van der Waals surface area contributed by atoms with Crippen molar-refractivity contribution in [2.24, 2.45) is 0 Å². The number of rotatable bonds is 3. The number of benzene rings is 1. The lowest BCUT2D eigenvalue weighted by Gasteiger charge is -2.23. The Balaban J connectivity index is 2.39. The number of carbonyl (C=O) groups excluding carboxylic acids is 2. The molecule has 1 N–H and O–H groups in total. The van der Waals surface area contributed by atoms with Crippen LogP contribution in [0.25, 0.3) is 0 Å². The molecule has 1 aliphatic heterocycles. The van der Waals surface area contributed by atoms with Crippen LogP contribution in [0.2, 0.25) is 0 Å². The zero-order chi connectivity index (χ0) is 13.3. The molecule has 1 saturated heterocycles. The average Bonchev–Trinajstić information content (AvgIpc) is 2.65. The van der Waals surface area contributed by atoms with Gasteiger partial charge in [-0.15, -0.1) is 0 Å². The molecule has 1 atom stereocenters. The Labute approximate surface area is 106 Å². The van der Waals surface area contributed by atoms with E-state index in [4.69, 9.17) is 4.74 Å². The molecule has 2 rings (SSSR count). The summed E-state index contributed by atoms with van der Waals surface area (Å²) >= 11 is 0. The number of ether oxygens (including phenoxy) is 1. The maximum atomic E-state index is 11.9.